The predicted octanol–water partition coefficient (Wildman–Crippen LogP) is 2.64. The van der Waals surface area contributed by atoms with Gasteiger partial charge >= 0.3 is 5.69 Å². The molecule has 4 rings (SSSR count). The monoisotopic (exact) mass is 437 g/mol. The molecule has 8 heteroatoms. The van der Waals surface area contributed by atoms with Gasteiger partial charge in [0, 0.05) is 38.4 Å². The number of benzene rings is 2. The zero-order valence-corrected chi connectivity index (χ0v) is 18.4. The molecule has 162 valence electrons. The lowest BCUT2D eigenvalue weighted by atomic mass is 10.1. The summed E-state index contributed by atoms with van der Waals surface area (Å²) in [6, 6.07) is 20.3. The number of aromatic amines is 1. The number of aromatic nitrogens is 3. The van der Waals surface area contributed by atoms with E-state index in [4.69, 9.17) is 0 Å². The number of nitrogens with one attached hydrogen (secondary N) is 1. The van der Waals surface area contributed by atoms with Gasteiger partial charge in [-0.2, -0.15) is 0 Å². The summed E-state index contributed by atoms with van der Waals surface area (Å²) >= 11 is 1.34. The van der Waals surface area contributed by atoms with Crippen molar-refractivity contribution in [3.8, 4) is 0 Å². The topological polar surface area (TPSA) is 74.2 Å². The molecule has 2 heterocycles. The third kappa shape index (κ3) is 5.19. The summed E-state index contributed by atoms with van der Waals surface area (Å²) in [5.74, 6) is 0.0859. The van der Waals surface area contributed by atoms with Crippen molar-refractivity contribution in [3.05, 3.63) is 76.7 Å². The van der Waals surface area contributed by atoms with Crippen molar-refractivity contribution in [2.75, 3.05) is 31.1 Å². The SMILES string of the molecule is CC(Sc1n[nH]c(=O)n1CCc1ccccc1)C(=O)N1CCN(c2ccccc2)CC1. The van der Waals surface area contributed by atoms with Crippen molar-refractivity contribution in [1.29, 1.82) is 0 Å². The first-order valence-electron chi connectivity index (χ1n) is 10.6. The number of anilines is 1. The van der Waals surface area contributed by atoms with Gasteiger partial charge in [0.15, 0.2) is 5.16 Å². The first-order chi connectivity index (χ1) is 15.1. The van der Waals surface area contributed by atoms with Gasteiger partial charge in [-0.1, -0.05) is 60.3 Å². The maximum Gasteiger partial charge on any atom is 0.343 e. The van der Waals surface area contributed by atoms with Crippen LogP contribution in [0.1, 0.15) is 12.5 Å². The second kappa shape index (κ2) is 9.87. The standard InChI is InChI=1S/C23H27N5O2S/c1-18(21(29)27-16-14-26(15-17-27)20-10-6-3-7-11-20)31-23-25-24-22(30)28(23)13-12-19-8-4-2-5-9-19/h2-11,18H,12-17H2,1H3,(H,24,30). The fourth-order valence-corrected chi connectivity index (χ4v) is 4.73. The molecule has 0 aliphatic carbocycles. The molecule has 1 atom stereocenters. The zero-order chi connectivity index (χ0) is 21.6. The van der Waals surface area contributed by atoms with Crippen LogP contribution in [0.4, 0.5) is 5.69 Å². The molecule has 1 aliphatic heterocycles. The van der Waals surface area contributed by atoms with Gasteiger partial charge in [-0.3, -0.25) is 9.36 Å². The highest BCUT2D eigenvalue weighted by Gasteiger charge is 2.27. The number of para-hydroxylation sites is 1. The predicted molar refractivity (Wildman–Crippen MR) is 124 cm³/mol. The summed E-state index contributed by atoms with van der Waals surface area (Å²) in [6.45, 7) is 5.43. The molecular formula is C23H27N5O2S. The number of nitrogens with zero attached hydrogens (tertiary/aromatic N) is 4. The van der Waals surface area contributed by atoms with Crippen LogP contribution in [0.15, 0.2) is 70.6 Å². The lowest BCUT2D eigenvalue weighted by molar-refractivity contribution is -0.130. The number of hydrogen-bond acceptors (Lipinski definition) is 5. The van der Waals surface area contributed by atoms with E-state index in [9.17, 15) is 9.59 Å². The summed E-state index contributed by atoms with van der Waals surface area (Å²) in [5.41, 5.74) is 2.11. The molecule has 1 aliphatic rings. The Morgan fingerprint density at radius 3 is 2.35 bits per heavy atom. The maximum absolute atomic E-state index is 13.0. The van der Waals surface area contributed by atoms with Gasteiger partial charge in [0.05, 0.1) is 5.25 Å². The molecule has 1 aromatic heterocycles. The van der Waals surface area contributed by atoms with E-state index in [1.54, 1.807) is 4.57 Å². The number of carbonyl (C=O) groups excluding carboxylic acids is 1. The van der Waals surface area contributed by atoms with Crippen LogP contribution < -0.4 is 10.6 Å². The van der Waals surface area contributed by atoms with Crippen LogP contribution in [0.3, 0.4) is 0 Å². The molecule has 0 saturated carbocycles. The zero-order valence-electron chi connectivity index (χ0n) is 17.6. The number of hydrogen-bond donors (Lipinski definition) is 1. The molecule has 1 fully saturated rings. The molecular weight excluding hydrogens is 410 g/mol. The van der Waals surface area contributed by atoms with Gasteiger partial charge in [-0.15, -0.1) is 5.10 Å². The Morgan fingerprint density at radius 1 is 1.03 bits per heavy atom. The van der Waals surface area contributed by atoms with Crippen LogP contribution in [-0.4, -0.2) is 57.0 Å². The Balaban J connectivity index is 1.34. The molecule has 7 nitrogen and oxygen atoms in total. The number of amides is 1. The molecule has 0 spiro atoms. The number of piperazine rings is 1. The molecule has 1 N–H and O–H groups in total. The van der Waals surface area contributed by atoms with Crippen LogP contribution in [0.2, 0.25) is 0 Å². The minimum atomic E-state index is -0.311. The van der Waals surface area contributed by atoms with Gasteiger partial charge in [0.1, 0.15) is 0 Å². The van der Waals surface area contributed by atoms with Gasteiger partial charge in [0.25, 0.3) is 0 Å². The molecule has 1 amide bonds. The number of aryl methyl sites for hydroxylation is 1. The van der Waals surface area contributed by atoms with Crippen molar-refractivity contribution in [3.63, 3.8) is 0 Å². The van der Waals surface area contributed by atoms with E-state index in [-0.39, 0.29) is 16.8 Å². The van der Waals surface area contributed by atoms with E-state index >= 15 is 0 Å². The lowest BCUT2D eigenvalue weighted by Crippen LogP contribution is -2.50. The molecule has 31 heavy (non-hydrogen) atoms. The maximum atomic E-state index is 13.0. The molecule has 0 bridgehead atoms. The fraction of sp³-hybridized carbons (Fsp3) is 0.348. The second-order valence-electron chi connectivity index (χ2n) is 7.61. The van der Waals surface area contributed by atoms with Crippen LogP contribution in [0, 0.1) is 0 Å². The highest BCUT2D eigenvalue weighted by Crippen LogP contribution is 2.23. The summed E-state index contributed by atoms with van der Waals surface area (Å²) in [6.07, 6.45) is 0.734. The van der Waals surface area contributed by atoms with E-state index in [0.29, 0.717) is 24.8 Å². The van der Waals surface area contributed by atoms with E-state index in [1.165, 1.54) is 17.4 Å². The molecule has 1 saturated heterocycles. The van der Waals surface area contributed by atoms with Gasteiger partial charge in [-0.05, 0) is 31.0 Å². The largest absolute Gasteiger partial charge is 0.368 e. The normalized spacial score (nSPS) is 15.1. The number of rotatable bonds is 7. The summed E-state index contributed by atoms with van der Waals surface area (Å²) in [5, 5.41) is 6.93. The third-order valence-corrected chi connectivity index (χ3v) is 6.61. The first-order valence-corrected chi connectivity index (χ1v) is 11.4. The van der Waals surface area contributed by atoms with E-state index in [1.807, 2.05) is 60.4 Å². The Bertz CT molecular complexity index is 1040. The van der Waals surface area contributed by atoms with Crippen LogP contribution in [-0.2, 0) is 17.8 Å². The summed E-state index contributed by atoms with van der Waals surface area (Å²) < 4.78 is 1.62. The van der Waals surface area contributed by atoms with E-state index in [2.05, 4.69) is 27.2 Å². The molecule has 2 aromatic carbocycles. The average molecular weight is 438 g/mol. The third-order valence-electron chi connectivity index (χ3n) is 5.53. The van der Waals surface area contributed by atoms with Gasteiger partial charge < -0.3 is 9.80 Å². The minimum absolute atomic E-state index is 0.0859. The molecule has 3 aromatic rings. The van der Waals surface area contributed by atoms with Crippen LogP contribution in [0.5, 0.6) is 0 Å². The lowest BCUT2D eigenvalue weighted by Gasteiger charge is -2.37. The Labute approximate surface area is 186 Å². The Kier molecular flexibility index (Phi) is 6.76. The number of carbonyl (C=O) groups is 1. The van der Waals surface area contributed by atoms with E-state index < -0.39 is 0 Å². The van der Waals surface area contributed by atoms with Crippen molar-refractivity contribution < 1.29 is 4.79 Å². The highest BCUT2D eigenvalue weighted by atomic mass is 32.2. The smallest absolute Gasteiger partial charge is 0.343 e. The average Bonchev–Trinajstić information content (AvgIpc) is 3.17. The first kappa shape index (κ1) is 21.2. The molecule has 1 unspecified atom stereocenters. The minimum Gasteiger partial charge on any atom is -0.368 e. The van der Waals surface area contributed by atoms with Crippen molar-refractivity contribution in [1.82, 2.24) is 19.7 Å². The van der Waals surface area contributed by atoms with Crippen molar-refractivity contribution in [2.24, 2.45) is 0 Å². The highest BCUT2D eigenvalue weighted by molar-refractivity contribution is 8.00. The van der Waals surface area contributed by atoms with Crippen molar-refractivity contribution in [2.45, 2.75) is 30.3 Å². The quantitative estimate of drug-likeness (QED) is 0.575. The van der Waals surface area contributed by atoms with Gasteiger partial charge in [-0.25, -0.2) is 9.89 Å². The summed E-state index contributed by atoms with van der Waals surface area (Å²) in [4.78, 5) is 29.4. The van der Waals surface area contributed by atoms with Crippen molar-refractivity contribution >= 4 is 23.4 Å². The molecule has 0 radical (unpaired) electrons. The number of thioether (sulfide) groups is 1. The number of H-pyrrole nitrogens is 1. The summed E-state index contributed by atoms with van der Waals surface area (Å²) in [7, 11) is 0. The Morgan fingerprint density at radius 2 is 1.68 bits per heavy atom. The second-order valence-corrected chi connectivity index (χ2v) is 8.91. The van der Waals surface area contributed by atoms with Crippen LogP contribution >= 0.6 is 11.8 Å². The fourth-order valence-electron chi connectivity index (χ4n) is 3.77. The Hall–Kier alpha value is -3.00. The van der Waals surface area contributed by atoms with Gasteiger partial charge in [0.2, 0.25) is 5.91 Å². The van der Waals surface area contributed by atoms with Crippen LogP contribution in [0.25, 0.3) is 0 Å². The van der Waals surface area contributed by atoms with E-state index in [0.717, 1.165) is 25.1 Å².